The van der Waals surface area contributed by atoms with Crippen LogP contribution >= 0.6 is 15.9 Å². The third kappa shape index (κ3) is 6.24. The Morgan fingerprint density at radius 1 is 1.40 bits per heavy atom. The molecule has 0 aliphatic carbocycles. The number of hydrogen-bond acceptors (Lipinski definition) is 4. The van der Waals surface area contributed by atoms with E-state index in [0.29, 0.717) is 5.75 Å². The zero-order valence-electron chi connectivity index (χ0n) is 10.6. The highest BCUT2D eigenvalue weighted by Crippen LogP contribution is 2.21. The third-order valence-electron chi connectivity index (χ3n) is 2.06. The van der Waals surface area contributed by atoms with Gasteiger partial charge in [-0.1, -0.05) is 28.6 Å². The summed E-state index contributed by atoms with van der Waals surface area (Å²) < 4.78 is 10.6. The van der Waals surface area contributed by atoms with E-state index >= 15 is 0 Å². The number of carbonyl (C=O) groups excluding carboxylic acids is 1. The smallest absolute Gasteiger partial charge is 0.407 e. The molecule has 0 atom stereocenters. The van der Waals surface area contributed by atoms with E-state index in [0.717, 1.165) is 10.0 Å². The van der Waals surface area contributed by atoms with Crippen LogP contribution in [0.2, 0.25) is 0 Å². The van der Waals surface area contributed by atoms with E-state index in [4.69, 9.17) is 14.6 Å². The minimum absolute atomic E-state index is 0.136. The Labute approximate surface area is 124 Å². The first-order valence-corrected chi connectivity index (χ1v) is 6.46. The zero-order chi connectivity index (χ0) is 15.0. The van der Waals surface area contributed by atoms with Crippen LogP contribution in [0.25, 0.3) is 0 Å². The molecule has 0 bridgehead atoms. The van der Waals surface area contributed by atoms with E-state index < -0.39 is 18.7 Å². The van der Waals surface area contributed by atoms with Crippen LogP contribution < -0.4 is 10.1 Å². The summed E-state index contributed by atoms with van der Waals surface area (Å²) in [5, 5.41) is 11.1. The SMILES string of the molecule is C=CCOC(=O)NCc1cc(Br)cc(OCC(=O)O)c1. The van der Waals surface area contributed by atoms with Crippen LogP contribution in [0.1, 0.15) is 5.56 Å². The van der Waals surface area contributed by atoms with Gasteiger partial charge in [0.15, 0.2) is 6.61 Å². The van der Waals surface area contributed by atoms with Crippen molar-refractivity contribution in [1.29, 1.82) is 0 Å². The summed E-state index contributed by atoms with van der Waals surface area (Å²) in [7, 11) is 0. The number of alkyl carbamates (subject to hydrolysis) is 1. The summed E-state index contributed by atoms with van der Waals surface area (Å²) in [6.07, 6.45) is 0.911. The molecular formula is C13H14BrNO5. The largest absolute Gasteiger partial charge is 0.482 e. The lowest BCUT2D eigenvalue weighted by Crippen LogP contribution is -2.23. The van der Waals surface area contributed by atoms with Crippen molar-refractivity contribution in [2.45, 2.75) is 6.54 Å². The molecular weight excluding hydrogens is 330 g/mol. The normalized spacial score (nSPS) is 9.65. The van der Waals surface area contributed by atoms with Gasteiger partial charge in [0.2, 0.25) is 0 Å². The van der Waals surface area contributed by atoms with Crippen LogP contribution in [0.5, 0.6) is 5.75 Å². The number of ether oxygens (including phenoxy) is 2. The molecule has 6 nitrogen and oxygen atoms in total. The van der Waals surface area contributed by atoms with Gasteiger partial charge in [-0.15, -0.1) is 0 Å². The summed E-state index contributed by atoms with van der Waals surface area (Å²) in [6.45, 7) is 3.38. The Bertz CT molecular complexity index is 504. The van der Waals surface area contributed by atoms with Crippen LogP contribution in [-0.4, -0.2) is 30.4 Å². The van der Waals surface area contributed by atoms with Crippen molar-refractivity contribution in [3.05, 3.63) is 40.9 Å². The first kappa shape index (κ1) is 16.0. The fraction of sp³-hybridized carbons (Fsp3) is 0.231. The van der Waals surface area contributed by atoms with Gasteiger partial charge in [-0.25, -0.2) is 9.59 Å². The monoisotopic (exact) mass is 343 g/mol. The predicted octanol–water partition coefficient (Wildman–Crippen LogP) is 2.32. The topological polar surface area (TPSA) is 84.9 Å². The molecule has 108 valence electrons. The first-order chi connectivity index (χ1) is 9.51. The molecule has 0 aliphatic heterocycles. The molecule has 1 aromatic rings. The maximum Gasteiger partial charge on any atom is 0.407 e. The van der Waals surface area contributed by atoms with E-state index in [9.17, 15) is 9.59 Å². The van der Waals surface area contributed by atoms with Crippen LogP contribution in [0, 0.1) is 0 Å². The first-order valence-electron chi connectivity index (χ1n) is 5.67. The van der Waals surface area contributed by atoms with E-state index in [1.54, 1.807) is 18.2 Å². The fourth-order valence-electron chi connectivity index (χ4n) is 1.31. The van der Waals surface area contributed by atoms with Gasteiger partial charge in [-0.05, 0) is 23.8 Å². The van der Waals surface area contributed by atoms with Gasteiger partial charge >= 0.3 is 12.1 Å². The van der Waals surface area contributed by atoms with Crippen molar-refractivity contribution in [3.8, 4) is 5.75 Å². The maximum absolute atomic E-state index is 11.3. The molecule has 0 fully saturated rings. The van der Waals surface area contributed by atoms with E-state index in [2.05, 4.69) is 27.8 Å². The predicted molar refractivity (Wildman–Crippen MR) is 75.7 cm³/mol. The highest BCUT2D eigenvalue weighted by atomic mass is 79.9. The second-order valence-corrected chi connectivity index (χ2v) is 4.63. The zero-order valence-corrected chi connectivity index (χ0v) is 12.2. The quantitative estimate of drug-likeness (QED) is 0.742. The lowest BCUT2D eigenvalue weighted by molar-refractivity contribution is -0.139. The van der Waals surface area contributed by atoms with Crippen molar-refractivity contribution in [3.63, 3.8) is 0 Å². The summed E-state index contributed by atoms with van der Waals surface area (Å²) in [6, 6.07) is 5.06. The number of amides is 1. The molecule has 0 aliphatic rings. The number of carbonyl (C=O) groups is 2. The minimum Gasteiger partial charge on any atom is -0.482 e. The highest BCUT2D eigenvalue weighted by Gasteiger charge is 2.05. The number of hydrogen-bond donors (Lipinski definition) is 2. The third-order valence-corrected chi connectivity index (χ3v) is 2.52. The van der Waals surface area contributed by atoms with E-state index in [-0.39, 0.29) is 13.2 Å². The van der Waals surface area contributed by atoms with Crippen molar-refractivity contribution in [2.75, 3.05) is 13.2 Å². The molecule has 0 saturated heterocycles. The lowest BCUT2D eigenvalue weighted by Gasteiger charge is -2.09. The number of halogens is 1. The van der Waals surface area contributed by atoms with Crippen LogP contribution in [0.4, 0.5) is 4.79 Å². The molecule has 1 rings (SSSR count). The Morgan fingerprint density at radius 2 is 2.15 bits per heavy atom. The van der Waals surface area contributed by atoms with Gasteiger partial charge in [0.05, 0.1) is 0 Å². The molecule has 0 unspecified atom stereocenters. The molecule has 0 aromatic heterocycles. The van der Waals surface area contributed by atoms with Crippen LogP contribution in [-0.2, 0) is 16.1 Å². The second kappa shape index (κ2) is 8.21. The molecule has 0 heterocycles. The van der Waals surface area contributed by atoms with Crippen LogP contribution in [0.3, 0.4) is 0 Å². The Balaban J connectivity index is 2.58. The second-order valence-electron chi connectivity index (χ2n) is 3.72. The van der Waals surface area contributed by atoms with Gasteiger partial charge in [0.25, 0.3) is 0 Å². The molecule has 1 aromatic carbocycles. The van der Waals surface area contributed by atoms with Crippen molar-refractivity contribution in [1.82, 2.24) is 5.32 Å². The average molecular weight is 344 g/mol. The minimum atomic E-state index is -1.06. The number of carboxylic acid groups (broad SMARTS) is 1. The van der Waals surface area contributed by atoms with Gasteiger partial charge in [-0.2, -0.15) is 0 Å². The Morgan fingerprint density at radius 3 is 2.80 bits per heavy atom. The fourth-order valence-corrected chi connectivity index (χ4v) is 1.83. The van der Waals surface area contributed by atoms with Crippen molar-refractivity contribution in [2.24, 2.45) is 0 Å². The molecule has 0 saturated carbocycles. The van der Waals surface area contributed by atoms with Gasteiger partial charge in [-0.3, -0.25) is 0 Å². The van der Waals surface area contributed by atoms with Gasteiger partial charge in [0, 0.05) is 11.0 Å². The lowest BCUT2D eigenvalue weighted by atomic mass is 10.2. The summed E-state index contributed by atoms with van der Waals surface area (Å²) in [5.41, 5.74) is 0.746. The van der Waals surface area contributed by atoms with Gasteiger partial charge < -0.3 is 19.9 Å². The molecule has 20 heavy (non-hydrogen) atoms. The molecule has 1 amide bonds. The average Bonchev–Trinajstić information content (AvgIpc) is 2.40. The molecule has 0 radical (unpaired) electrons. The summed E-state index contributed by atoms with van der Waals surface area (Å²) >= 11 is 3.28. The van der Waals surface area contributed by atoms with Gasteiger partial charge in [0.1, 0.15) is 12.4 Å². The molecule has 2 N–H and O–H groups in total. The Kier molecular flexibility index (Phi) is 6.58. The highest BCUT2D eigenvalue weighted by molar-refractivity contribution is 9.10. The van der Waals surface area contributed by atoms with Crippen molar-refractivity contribution >= 4 is 28.0 Å². The van der Waals surface area contributed by atoms with E-state index in [1.165, 1.54) is 6.08 Å². The summed E-state index contributed by atoms with van der Waals surface area (Å²) in [4.78, 5) is 21.7. The number of nitrogens with one attached hydrogen (secondary N) is 1. The summed E-state index contributed by atoms with van der Waals surface area (Å²) in [5.74, 6) is -0.657. The Hall–Kier alpha value is -2.02. The van der Waals surface area contributed by atoms with Crippen LogP contribution in [0.15, 0.2) is 35.3 Å². The van der Waals surface area contributed by atoms with E-state index in [1.807, 2.05) is 0 Å². The molecule has 0 spiro atoms. The standard InChI is InChI=1S/C13H14BrNO5/c1-2-3-19-13(18)15-7-9-4-10(14)6-11(5-9)20-8-12(16)17/h2,4-6H,1,3,7-8H2,(H,15,18)(H,16,17). The number of rotatable bonds is 7. The number of aliphatic carboxylic acids is 1. The number of benzene rings is 1. The maximum atomic E-state index is 11.3. The van der Waals surface area contributed by atoms with Crippen molar-refractivity contribution < 1.29 is 24.2 Å². The number of carboxylic acids is 1. The molecule has 7 heteroatoms.